The summed E-state index contributed by atoms with van der Waals surface area (Å²) in [4.78, 5) is 13.5. The van der Waals surface area contributed by atoms with Gasteiger partial charge in [0.1, 0.15) is 5.76 Å². The highest BCUT2D eigenvalue weighted by Gasteiger charge is 2.54. The van der Waals surface area contributed by atoms with E-state index < -0.39 is 24.0 Å². The maximum atomic E-state index is 13.7. The molecule has 6 heteroatoms. The molecule has 3 aliphatic heterocycles. The summed E-state index contributed by atoms with van der Waals surface area (Å²) in [5.41, 5.74) is 1.53. The topological polar surface area (TPSA) is 29.5 Å². The van der Waals surface area contributed by atoms with Gasteiger partial charge in [-0.25, -0.2) is 0 Å². The number of rotatable bonds is 0. The lowest BCUT2D eigenvalue weighted by atomic mass is 9.71. The molecular weight excluding hydrogens is 295 g/mol. The van der Waals surface area contributed by atoms with Gasteiger partial charge in [-0.3, -0.25) is 4.79 Å². The maximum absolute atomic E-state index is 13.7. The zero-order valence-corrected chi connectivity index (χ0v) is 11.7. The lowest BCUT2D eigenvalue weighted by Gasteiger charge is -2.44. The van der Waals surface area contributed by atoms with Crippen molar-refractivity contribution < 1.29 is 22.7 Å². The number of ether oxygens (including phenoxy) is 1. The third kappa shape index (κ3) is 1.86. The van der Waals surface area contributed by atoms with Crippen LogP contribution >= 0.6 is 0 Å². The predicted molar refractivity (Wildman–Crippen MR) is 72.3 cm³/mol. The fourth-order valence-corrected chi connectivity index (χ4v) is 3.83. The van der Waals surface area contributed by atoms with E-state index in [9.17, 15) is 18.0 Å². The molecule has 2 unspecified atom stereocenters. The van der Waals surface area contributed by atoms with Crippen LogP contribution in [0.4, 0.5) is 13.2 Å². The van der Waals surface area contributed by atoms with Gasteiger partial charge in [0.05, 0.1) is 11.6 Å². The fourth-order valence-electron chi connectivity index (χ4n) is 3.83. The molecule has 0 aromatic rings. The molecule has 4 rings (SSSR count). The number of allylic oxidation sites excluding steroid dienone is 4. The Morgan fingerprint density at radius 2 is 1.91 bits per heavy atom. The van der Waals surface area contributed by atoms with E-state index in [0.717, 1.165) is 0 Å². The monoisotopic (exact) mass is 309 g/mol. The van der Waals surface area contributed by atoms with E-state index in [1.165, 1.54) is 0 Å². The Hall–Kier alpha value is -1.98. The first-order chi connectivity index (χ1) is 10.5. The molecule has 22 heavy (non-hydrogen) atoms. The van der Waals surface area contributed by atoms with E-state index in [2.05, 4.69) is 0 Å². The summed E-state index contributed by atoms with van der Waals surface area (Å²) in [7, 11) is 0. The minimum atomic E-state index is -4.36. The number of carbonyl (C=O) groups excluding carboxylic acids is 1. The summed E-state index contributed by atoms with van der Waals surface area (Å²) in [6, 6.07) is 0. The average molecular weight is 309 g/mol. The lowest BCUT2D eigenvalue weighted by molar-refractivity contribution is -0.184. The van der Waals surface area contributed by atoms with Crippen molar-refractivity contribution in [1.29, 1.82) is 0 Å². The van der Waals surface area contributed by atoms with Crippen LogP contribution in [-0.4, -0.2) is 30.1 Å². The van der Waals surface area contributed by atoms with Crippen molar-refractivity contribution in [3.8, 4) is 0 Å². The number of hydrogen-bond donors (Lipinski definition) is 0. The highest BCUT2D eigenvalue weighted by Crippen LogP contribution is 2.52. The van der Waals surface area contributed by atoms with E-state index >= 15 is 0 Å². The summed E-state index contributed by atoms with van der Waals surface area (Å²) >= 11 is 0. The second-order valence-electron chi connectivity index (χ2n) is 5.93. The van der Waals surface area contributed by atoms with Crippen LogP contribution < -0.4 is 0 Å². The first kappa shape index (κ1) is 13.7. The smallest absolute Gasteiger partial charge is 0.396 e. The quantitative estimate of drug-likeness (QED) is 0.644. The number of nitrogens with zero attached hydrogens (tertiary/aromatic N) is 1. The van der Waals surface area contributed by atoms with Gasteiger partial charge >= 0.3 is 12.1 Å². The van der Waals surface area contributed by atoms with Gasteiger partial charge in [-0.05, 0) is 12.0 Å². The van der Waals surface area contributed by atoms with E-state index in [4.69, 9.17) is 4.74 Å². The van der Waals surface area contributed by atoms with Crippen LogP contribution in [0, 0.1) is 11.8 Å². The normalized spacial score (nSPS) is 30.3. The molecule has 0 amide bonds. The van der Waals surface area contributed by atoms with Crippen molar-refractivity contribution in [1.82, 2.24) is 4.90 Å². The highest BCUT2D eigenvalue weighted by atomic mass is 19.4. The molecule has 1 fully saturated rings. The van der Waals surface area contributed by atoms with E-state index in [1.54, 1.807) is 18.2 Å². The zero-order chi connectivity index (χ0) is 15.5. The number of fused-ring (bicyclic) bond motifs is 1. The number of carbonyl (C=O) groups is 1. The van der Waals surface area contributed by atoms with Crippen LogP contribution in [0.15, 0.2) is 46.9 Å². The molecule has 0 bridgehead atoms. The van der Waals surface area contributed by atoms with Crippen molar-refractivity contribution in [3.05, 3.63) is 46.9 Å². The van der Waals surface area contributed by atoms with Crippen molar-refractivity contribution in [2.75, 3.05) is 13.1 Å². The van der Waals surface area contributed by atoms with Gasteiger partial charge in [-0.15, -0.1) is 0 Å². The third-order valence-electron chi connectivity index (χ3n) is 4.65. The Morgan fingerprint density at radius 3 is 2.64 bits per heavy atom. The maximum Gasteiger partial charge on any atom is 0.396 e. The number of halogens is 3. The molecule has 2 atom stereocenters. The highest BCUT2D eigenvalue weighted by molar-refractivity contribution is 5.73. The van der Waals surface area contributed by atoms with Gasteiger partial charge in [0.15, 0.2) is 0 Å². The Bertz CT molecular complexity index is 669. The van der Waals surface area contributed by atoms with Gasteiger partial charge < -0.3 is 9.64 Å². The number of esters is 1. The minimum absolute atomic E-state index is 0.0355. The summed E-state index contributed by atoms with van der Waals surface area (Å²) in [5.74, 6) is -2.65. The predicted octanol–water partition coefficient (Wildman–Crippen LogP) is 3.08. The first-order valence-electron chi connectivity index (χ1n) is 7.31. The average Bonchev–Trinajstić information content (AvgIpc) is 2.47. The van der Waals surface area contributed by atoms with Crippen LogP contribution in [0.25, 0.3) is 0 Å². The summed E-state index contributed by atoms with van der Waals surface area (Å²) in [6.07, 6.45) is 2.91. The summed E-state index contributed by atoms with van der Waals surface area (Å²) in [5, 5.41) is 0. The third-order valence-corrected chi connectivity index (χ3v) is 4.65. The Balaban J connectivity index is 1.95. The molecule has 0 saturated carbocycles. The Morgan fingerprint density at radius 1 is 1.18 bits per heavy atom. The number of alkyl halides is 3. The van der Waals surface area contributed by atoms with Crippen molar-refractivity contribution in [2.24, 2.45) is 11.8 Å². The van der Waals surface area contributed by atoms with E-state index in [1.807, 2.05) is 11.0 Å². The molecule has 1 aliphatic carbocycles. The van der Waals surface area contributed by atoms with Crippen LogP contribution in [-0.2, 0) is 9.53 Å². The van der Waals surface area contributed by atoms with Crippen LogP contribution in [0.2, 0.25) is 0 Å². The molecule has 3 nitrogen and oxygen atoms in total. The van der Waals surface area contributed by atoms with Gasteiger partial charge in [0, 0.05) is 31.0 Å². The molecule has 0 N–H and O–H groups in total. The van der Waals surface area contributed by atoms with Crippen molar-refractivity contribution in [2.45, 2.75) is 19.0 Å². The second-order valence-corrected chi connectivity index (χ2v) is 5.93. The van der Waals surface area contributed by atoms with E-state index in [0.29, 0.717) is 29.9 Å². The van der Waals surface area contributed by atoms with Crippen LogP contribution in [0.1, 0.15) is 12.8 Å². The molecule has 0 aromatic heterocycles. The van der Waals surface area contributed by atoms with Gasteiger partial charge in [-0.2, -0.15) is 13.2 Å². The molecule has 4 aliphatic rings. The standard InChI is InChI=1S/C16H14F3NO2/c17-16(18,19)13-9-3-1-7-20-8-2-4-11(14(9)20)15-10(13)5-6-12(21)22-15/h1-4,10,13H,5-8H2. The molecule has 116 valence electrons. The van der Waals surface area contributed by atoms with E-state index in [-0.39, 0.29) is 18.6 Å². The molecule has 3 heterocycles. The molecular formula is C16H14F3NO2. The van der Waals surface area contributed by atoms with Gasteiger partial charge in [0.25, 0.3) is 0 Å². The first-order valence-corrected chi connectivity index (χ1v) is 7.31. The SMILES string of the molecule is O=C1CCC2C(=C3C=CCN4CC=CC(=C34)C2C(F)(F)F)O1. The summed E-state index contributed by atoms with van der Waals surface area (Å²) in [6.45, 7) is 1.15. The van der Waals surface area contributed by atoms with Crippen molar-refractivity contribution in [3.63, 3.8) is 0 Å². The largest absolute Gasteiger partial charge is 0.430 e. The number of hydrogen-bond acceptors (Lipinski definition) is 3. The van der Waals surface area contributed by atoms with Crippen LogP contribution in [0.3, 0.4) is 0 Å². The Kier molecular flexibility index (Phi) is 2.80. The minimum Gasteiger partial charge on any atom is -0.430 e. The molecule has 1 saturated heterocycles. The molecule has 0 radical (unpaired) electrons. The van der Waals surface area contributed by atoms with Crippen LogP contribution in [0.5, 0.6) is 0 Å². The van der Waals surface area contributed by atoms with Crippen molar-refractivity contribution >= 4 is 5.97 Å². The Labute approximate surface area is 125 Å². The fraction of sp³-hybridized carbons (Fsp3) is 0.438. The zero-order valence-electron chi connectivity index (χ0n) is 11.7. The summed E-state index contributed by atoms with van der Waals surface area (Å²) < 4.78 is 46.3. The second kappa shape index (κ2) is 4.51. The lowest BCUT2D eigenvalue weighted by Crippen LogP contribution is -2.44. The van der Waals surface area contributed by atoms with Gasteiger partial charge in [-0.1, -0.05) is 24.3 Å². The molecule has 0 aromatic carbocycles. The molecule has 0 spiro atoms. The van der Waals surface area contributed by atoms with Gasteiger partial charge in [0.2, 0.25) is 0 Å².